The summed E-state index contributed by atoms with van der Waals surface area (Å²) in [5.74, 6) is 0.837. The number of benzene rings is 2. The molecule has 1 aliphatic heterocycles. The molecule has 0 radical (unpaired) electrons. The average molecular weight is 382 g/mol. The van der Waals surface area contributed by atoms with Crippen molar-refractivity contribution in [2.45, 2.75) is 26.0 Å². The van der Waals surface area contributed by atoms with Gasteiger partial charge in [-0.25, -0.2) is 0 Å². The summed E-state index contributed by atoms with van der Waals surface area (Å²) in [5, 5.41) is 3.06. The van der Waals surface area contributed by atoms with E-state index in [1.54, 1.807) is 0 Å². The molecule has 5 nitrogen and oxygen atoms in total. The van der Waals surface area contributed by atoms with E-state index >= 15 is 0 Å². The lowest BCUT2D eigenvalue weighted by Gasteiger charge is -2.17. The SMILES string of the molecule is CCOCc1ccccc1CNC(=O)CN1C[C@@H](CN)[C@H](c2ccccc2)C1. The first kappa shape index (κ1) is 20.5. The molecule has 1 fully saturated rings. The van der Waals surface area contributed by atoms with Crippen molar-refractivity contribution in [2.24, 2.45) is 11.7 Å². The van der Waals surface area contributed by atoms with E-state index in [0.717, 1.165) is 24.2 Å². The third-order valence-corrected chi connectivity index (χ3v) is 5.47. The van der Waals surface area contributed by atoms with Crippen LogP contribution in [0.4, 0.5) is 0 Å². The van der Waals surface area contributed by atoms with Gasteiger partial charge < -0.3 is 15.8 Å². The van der Waals surface area contributed by atoms with Gasteiger partial charge in [0.1, 0.15) is 0 Å². The number of rotatable bonds is 9. The zero-order valence-corrected chi connectivity index (χ0v) is 16.6. The van der Waals surface area contributed by atoms with Crippen LogP contribution in [0.2, 0.25) is 0 Å². The summed E-state index contributed by atoms with van der Waals surface area (Å²) in [7, 11) is 0. The Bertz CT molecular complexity index is 751. The smallest absolute Gasteiger partial charge is 0.234 e. The van der Waals surface area contributed by atoms with E-state index in [1.165, 1.54) is 5.56 Å². The standard InChI is InChI=1S/C23H31N3O2/c1-2-28-17-20-11-7-6-10-19(20)13-25-23(27)16-26-14-21(12-24)22(15-26)18-8-4-3-5-9-18/h3-11,21-22H,2,12-17,24H2,1H3,(H,25,27)/t21-,22+/m1/s1. The zero-order valence-electron chi connectivity index (χ0n) is 16.6. The van der Waals surface area contributed by atoms with E-state index in [1.807, 2.05) is 37.3 Å². The van der Waals surface area contributed by atoms with E-state index in [9.17, 15) is 4.79 Å². The highest BCUT2D eigenvalue weighted by molar-refractivity contribution is 5.78. The van der Waals surface area contributed by atoms with E-state index in [2.05, 4.69) is 34.5 Å². The number of hydrogen-bond donors (Lipinski definition) is 2. The van der Waals surface area contributed by atoms with Crippen molar-refractivity contribution in [3.8, 4) is 0 Å². The number of amides is 1. The normalized spacial score (nSPS) is 19.6. The van der Waals surface area contributed by atoms with Crippen LogP contribution in [-0.2, 0) is 22.7 Å². The van der Waals surface area contributed by atoms with Gasteiger partial charge in [-0.15, -0.1) is 0 Å². The maximum Gasteiger partial charge on any atom is 0.234 e. The molecule has 1 heterocycles. The molecule has 28 heavy (non-hydrogen) atoms. The van der Waals surface area contributed by atoms with Gasteiger partial charge in [0.25, 0.3) is 0 Å². The first-order valence-corrected chi connectivity index (χ1v) is 10.1. The molecule has 0 saturated carbocycles. The molecule has 0 bridgehead atoms. The highest BCUT2D eigenvalue weighted by Crippen LogP contribution is 2.31. The maximum absolute atomic E-state index is 12.5. The lowest BCUT2D eigenvalue weighted by atomic mass is 9.89. The summed E-state index contributed by atoms with van der Waals surface area (Å²) >= 11 is 0. The van der Waals surface area contributed by atoms with Crippen molar-refractivity contribution in [3.05, 3.63) is 71.3 Å². The Hall–Kier alpha value is -2.21. The first-order chi connectivity index (χ1) is 13.7. The summed E-state index contributed by atoms with van der Waals surface area (Å²) < 4.78 is 5.52. The highest BCUT2D eigenvalue weighted by atomic mass is 16.5. The second kappa shape index (κ2) is 10.4. The number of nitrogens with one attached hydrogen (secondary N) is 1. The Morgan fingerprint density at radius 1 is 1.11 bits per heavy atom. The molecule has 0 aromatic heterocycles. The molecule has 2 aromatic rings. The number of carbonyl (C=O) groups is 1. The fourth-order valence-corrected chi connectivity index (χ4v) is 3.94. The van der Waals surface area contributed by atoms with Crippen molar-refractivity contribution in [3.63, 3.8) is 0 Å². The third-order valence-electron chi connectivity index (χ3n) is 5.47. The summed E-state index contributed by atoms with van der Waals surface area (Å²) in [6.45, 7) is 6.56. The fraction of sp³-hybridized carbons (Fsp3) is 0.435. The molecule has 150 valence electrons. The number of carbonyl (C=O) groups excluding carboxylic acids is 1. The second-order valence-electron chi connectivity index (χ2n) is 7.39. The minimum Gasteiger partial charge on any atom is -0.377 e. The van der Waals surface area contributed by atoms with Gasteiger partial charge in [-0.1, -0.05) is 54.6 Å². The summed E-state index contributed by atoms with van der Waals surface area (Å²) in [4.78, 5) is 14.7. The van der Waals surface area contributed by atoms with Crippen LogP contribution in [0, 0.1) is 5.92 Å². The fourth-order valence-electron chi connectivity index (χ4n) is 3.94. The lowest BCUT2D eigenvalue weighted by molar-refractivity contribution is -0.122. The van der Waals surface area contributed by atoms with Crippen molar-refractivity contribution in [1.29, 1.82) is 0 Å². The molecule has 0 unspecified atom stereocenters. The van der Waals surface area contributed by atoms with Gasteiger partial charge in [0.05, 0.1) is 13.2 Å². The van der Waals surface area contributed by atoms with Crippen LogP contribution in [0.1, 0.15) is 29.5 Å². The average Bonchev–Trinajstić information content (AvgIpc) is 3.14. The predicted molar refractivity (Wildman–Crippen MR) is 112 cm³/mol. The van der Waals surface area contributed by atoms with Crippen LogP contribution >= 0.6 is 0 Å². The van der Waals surface area contributed by atoms with Gasteiger partial charge in [-0.3, -0.25) is 9.69 Å². The van der Waals surface area contributed by atoms with E-state index in [0.29, 0.717) is 44.7 Å². The van der Waals surface area contributed by atoms with Crippen molar-refractivity contribution in [2.75, 3.05) is 32.8 Å². The Balaban J connectivity index is 1.53. The molecule has 3 rings (SSSR count). The number of ether oxygens (including phenoxy) is 1. The van der Waals surface area contributed by atoms with E-state index < -0.39 is 0 Å². The van der Waals surface area contributed by atoms with E-state index in [-0.39, 0.29) is 5.91 Å². The Kier molecular flexibility index (Phi) is 7.60. The van der Waals surface area contributed by atoms with Crippen LogP contribution in [0.25, 0.3) is 0 Å². The van der Waals surface area contributed by atoms with Crippen LogP contribution in [-0.4, -0.2) is 43.6 Å². The van der Waals surface area contributed by atoms with Gasteiger partial charge in [0.15, 0.2) is 0 Å². The molecule has 1 saturated heterocycles. The Labute approximate surface area is 167 Å². The first-order valence-electron chi connectivity index (χ1n) is 10.1. The third kappa shape index (κ3) is 5.41. The minimum atomic E-state index is 0.0516. The quantitative estimate of drug-likeness (QED) is 0.700. The van der Waals surface area contributed by atoms with Gasteiger partial charge in [-0.2, -0.15) is 0 Å². The largest absolute Gasteiger partial charge is 0.377 e. The zero-order chi connectivity index (χ0) is 19.8. The van der Waals surface area contributed by atoms with Crippen LogP contribution in [0.3, 0.4) is 0 Å². The molecule has 0 spiro atoms. The van der Waals surface area contributed by atoms with Crippen LogP contribution in [0.15, 0.2) is 54.6 Å². The molecule has 2 aromatic carbocycles. The number of likely N-dealkylation sites (tertiary alicyclic amines) is 1. The molecule has 1 amide bonds. The monoisotopic (exact) mass is 381 g/mol. The minimum absolute atomic E-state index is 0.0516. The number of nitrogens with two attached hydrogens (primary N) is 1. The molecular weight excluding hydrogens is 350 g/mol. The molecule has 5 heteroatoms. The molecular formula is C23H31N3O2. The Morgan fingerprint density at radius 3 is 2.54 bits per heavy atom. The van der Waals surface area contributed by atoms with Crippen LogP contribution < -0.4 is 11.1 Å². The molecule has 1 aliphatic rings. The Morgan fingerprint density at radius 2 is 1.82 bits per heavy atom. The second-order valence-corrected chi connectivity index (χ2v) is 7.39. The number of nitrogens with zero attached hydrogens (tertiary/aromatic N) is 1. The number of hydrogen-bond acceptors (Lipinski definition) is 4. The van der Waals surface area contributed by atoms with Crippen molar-refractivity contribution >= 4 is 5.91 Å². The molecule has 2 atom stereocenters. The maximum atomic E-state index is 12.5. The van der Waals surface area contributed by atoms with Gasteiger partial charge >= 0.3 is 0 Å². The van der Waals surface area contributed by atoms with Gasteiger partial charge in [-0.05, 0) is 36.1 Å². The predicted octanol–water partition coefficient (Wildman–Crippen LogP) is 2.51. The summed E-state index contributed by atoms with van der Waals surface area (Å²) in [5.41, 5.74) is 9.55. The van der Waals surface area contributed by atoms with Crippen molar-refractivity contribution in [1.82, 2.24) is 10.2 Å². The topological polar surface area (TPSA) is 67.6 Å². The molecule has 3 N–H and O–H groups in total. The molecule has 0 aliphatic carbocycles. The van der Waals surface area contributed by atoms with Gasteiger partial charge in [0, 0.05) is 32.2 Å². The summed E-state index contributed by atoms with van der Waals surface area (Å²) in [6.07, 6.45) is 0. The van der Waals surface area contributed by atoms with Gasteiger partial charge in [0.2, 0.25) is 5.91 Å². The highest BCUT2D eigenvalue weighted by Gasteiger charge is 2.33. The van der Waals surface area contributed by atoms with Crippen molar-refractivity contribution < 1.29 is 9.53 Å². The van der Waals surface area contributed by atoms with Crippen LogP contribution in [0.5, 0.6) is 0 Å². The lowest BCUT2D eigenvalue weighted by Crippen LogP contribution is -2.36. The van der Waals surface area contributed by atoms with E-state index in [4.69, 9.17) is 10.5 Å². The summed E-state index contributed by atoms with van der Waals surface area (Å²) in [6, 6.07) is 18.6.